The quantitative estimate of drug-likeness (QED) is 0.904. The van der Waals surface area contributed by atoms with E-state index in [1.807, 2.05) is 0 Å². The molecule has 1 aromatic carbocycles. The van der Waals surface area contributed by atoms with E-state index in [0.717, 1.165) is 37.8 Å². The zero-order valence-electron chi connectivity index (χ0n) is 12.9. The lowest BCUT2D eigenvalue weighted by Crippen LogP contribution is -2.47. The van der Waals surface area contributed by atoms with Crippen molar-refractivity contribution in [1.82, 2.24) is 10.2 Å². The highest BCUT2D eigenvalue weighted by atomic mass is 35.5. The summed E-state index contributed by atoms with van der Waals surface area (Å²) in [6.07, 6.45) is 6.12. The Labute approximate surface area is 137 Å². The average molecular weight is 331 g/mol. The van der Waals surface area contributed by atoms with Gasteiger partial charge in [0.25, 0.3) is 0 Å². The number of hydrogen-bond donors (Lipinski definition) is 1. The minimum absolute atomic E-state index is 0. The molecule has 0 unspecified atom stereocenters. The molecule has 1 atom stereocenters. The molecule has 2 fully saturated rings. The Kier molecular flexibility index (Phi) is 6.60. The molecule has 0 spiro atoms. The first-order valence-corrected chi connectivity index (χ1v) is 8.15. The number of benzene rings is 1. The average Bonchev–Trinajstić information content (AvgIpc) is 2.49. The Bertz CT molecular complexity index is 433. The molecule has 0 radical (unpaired) electrons. The number of nitrogens with one attached hydrogen (secondary N) is 1. The van der Waals surface area contributed by atoms with Gasteiger partial charge < -0.3 is 5.32 Å². The molecule has 2 nitrogen and oxygen atoms in total. The fraction of sp³-hybridized carbons (Fsp3) is 0.647. The third-order valence-electron chi connectivity index (χ3n) is 4.87. The monoisotopic (exact) mass is 330 g/mol. The fourth-order valence-corrected chi connectivity index (χ4v) is 3.94. The van der Waals surface area contributed by atoms with Gasteiger partial charge in [-0.15, -0.1) is 12.4 Å². The van der Waals surface area contributed by atoms with Crippen LogP contribution in [0.1, 0.15) is 43.7 Å². The smallest absolute Gasteiger partial charge is 0.126 e. The van der Waals surface area contributed by atoms with Crippen LogP contribution in [-0.4, -0.2) is 31.1 Å². The third kappa shape index (κ3) is 4.18. The summed E-state index contributed by atoms with van der Waals surface area (Å²) in [6.45, 7) is 3.83. The second-order valence-corrected chi connectivity index (χ2v) is 6.33. The molecule has 22 heavy (non-hydrogen) atoms. The van der Waals surface area contributed by atoms with Crippen LogP contribution < -0.4 is 5.32 Å². The van der Waals surface area contributed by atoms with Gasteiger partial charge in [-0.3, -0.25) is 4.90 Å². The number of hydrogen-bond acceptors (Lipinski definition) is 2. The van der Waals surface area contributed by atoms with E-state index in [-0.39, 0.29) is 18.4 Å². The van der Waals surface area contributed by atoms with Crippen molar-refractivity contribution < 1.29 is 8.78 Å². The normalized spacial score (nSPS) is 22.1. The Hall–Kier alpha value is -0.710. The van der Waals surface area contributed by atoms with Gasteiger partial charge >= 0.3 is 0 Å². The Balaban J connectivity index is 0.00000176. The molecule has 5 heteroatoms. The maximum atomic E-state index is 13.7. The zero-order valence-corrected chi connectivity index (χ0v) is 13.7. The third-order valence-corrected chi connectivity index (χ3v) is 4.87. The molecular weight excluding hydrogens is 306 g/mol. The minimum atomic E-state index is -0.457. The second kappa shape index (κ2) is 8.23. The van der Waals surface area contributed by atoms with E-state index in [9.17, 15) is 8.78 Å². The zero-order chi connectivity index (χ0) is 14.7. The highest BCUT2D eigenvalue weighted by Gasteiger charge is 2.31. The molecule has 1 heterocycles. The van der Waals surface area contributed by atoms with Crippen molar-refractivity contribution in [1.29, 1.82) is 0 Å². The van der Waals surface area contributed by atoms with E-state index in [1.165, 1.54) is 44.2 Å². The minimum Gasteiger partial charge on any atom is -0.314 e. The molecule has 0 aromatic heterocycles. The van der Waals surface area contributed by atoms with Crippen LogP contribution >= 0.6 is 12.4 Å². The molecule has 1 aromatic rings. The van der Waals surface area contributed by atoms with E-state index < -0.39 is 11.6 Å². The van der Waals surface area contributed by atoms with Crippen molar-refractivity contribution in [3.63, 3.8) is 0 Å². The summed E-state index contributed by atoms with van der Waals surface area (Å²) in [4.78, 5) is 2.42. The van der Waals surface area contributed by atoms with Crippen molar-refractivity contribution in [3.05, 3.63) is 35.4 Å². The molecule has 1 N–H and O–H groups in total. The molecule has 1 aliphatic heterocycles. The van der Waals surface area contributed by atoms with Crippen molar-refractivity contribution in [2.45, 2.75) is 38.1 Å². The molecule has 1 aliphatic carbocycles. The molecule has 1 saturated carbocycles. The maximum absolute atomic E-state index is 13.7. The maximum Gasteiger partial charge on any atom is 0.126 e. The predicted molar refractivity (Wildman–Crippen MR) is 87.4 cm³/mol. The van der Waals surface area contributed by atoms with Crippen molar-refractivity contribution in [2.75, 3.05) is 26.2 Å². The van der Waals surface area contributed by atoms with Crippen LogP contribution in [0.5, 0.6) is 0 Å². The van der Waals surface area contributed by atoms with E-state index >= 15 is 0 Å². The van der Waals surface area contributed by atoms with E-state index in [2.05, 4.69) is 10.2 Å². The number of rotatable bonds is 3. The number of halogens is 3. The van der Waals surface area contributed by atoms with Gasteiger partial charge in [-0.05, 0) is 36.5 Å². The Morgan fingerprint density at radius 1 is 0.955 bits per heavy atom. The summed E-state index contributed by atoms with van der Waals surface area (Å²) in [5, 5.41) is 3.36. The molecule has 124 valence electrons. The molecular formula is C17H25ClF2N2. The summed E-state index contributed by atoms with van der Waals surface area (Å²) in [7, 11) is 0. The standard InChI is InChI=1S/C17H24F2N2.ClH/c18-15-10-14(11-16(19)12-15)17(13-4-2-1-3-5-13)21-8-6-20-7-9-21;/h10-13,17,20H,1-9H2;1H/t17-;/m1./s1. The SMILES string of the molecule is Cl.Fc1cc(F)cc([C@@H](C2CCCCC2)N2CCNCC2)c1. The van der Waals surface area contributed by atoms with E-state index in [1.54, 1.807) is 0 Å². The lowest BCUT2D eigenvalue weighted by molar-refractivity contribution is 0.103. The Morgan fingerprint density at radius 2 is 1.55 bits per heavy atom. The van der Waals surface area contributed by atoms with Crippen molar-refractivity contribution in [3.8, 4) is 0 Å². The summed E-state index contributed by atoms with van der Waals surface area (Å²) >= 11 is 0. The highest BCUT2D eigenvalue weighted by molar-refractivity contribution is 5.85. The second-order valence-electron chi connectivity index (χ2n) is 6.33. The van der Waals surface area contributed by atoms with Crippen LogP contribution in [0.4, 0.5) is 8.78 Å². The van der Waals surface area contributed by atoms with E-state index in [0.29, 0.717) is 5.92 Å². The topological polar surface area (TPSA) is 15.3 Å². The Morgan fingerprint density at radius 3 is 2.14 bits per heavy atom. The van der Waals surface area contributed by atoms with Crippen LogP contribution in [0.25, 0.3) is 0 Å². The largest absolute Gasteiger partial charge is 0.314 e. The lowest BCUT2D eigenvalue weighted by Gasteiger charge is -2.41. The van der Waals surface area contributed by atoms with Crippen molar-refractivity contribution >= 4 is 12.4 Å². The number of nitrogens with zero attached hydrogens (tertiary/aromatic N) is 1. The molecule has 1 saturated heterocycles. The molecule has 0 amide bonds. The predicted octanol–water partition coefficient (Wildman–Crippen LogP) is 3.91. The van der Waals surface area contributed by atoms with Crippen LogP contribution in [-0.2, 0) is 0 Å². The van der Waals surface area contributed by atoms with Crippen LogP contribution in [0.3, 0.4) is 0 Å². The van der Waals surface area contributed by atoms with Gasteiger partial charge in [0.2, 0.25) is 0 Å². The van der Waals surface area contributed by atoms with E-state index in [4.69, 9.17) is 0 Å². The van der Waals surface area contributed by atoms with Crippen LogP contribution in [0.15, 0.2) is 18.2 Å². The van der Waals surface area contributed by atoms with Gasteiger partial charge in [0, 0.05) is 38.3 Å². The molecule has 3 rings (SSSR count). The molecule has 2 aliphatic rings. The van der Waals surface area contributed by atoms with Gasteiger partial charge in [0.15, 0.2) is 0 Å². The summed E-state index contributed by atoms with van der Waals surface area (Å²) in [5.74, 6) is -0.389. The van der Waals surface area contributed by atoms with Crippen LogP contribution in [0, 0.1) is 17.6 Å². The lowest BCUT2D eigenvalue weighted by atomic mass is 9.80. The summed E-state index contributed by atoms with van der Waals surface area (Å²) in [5.41, 5.74) is 0.821. The van der Waals surface area contributed by atoms with Gasteiger partial charge in [-0.25, -0.2) is 8.78 Å². The summed E-state index contributed by atoms with van der Waals surface area (Å²) in [6, 6.07) is 4.20. The summed E-state index contributed by atoms with van der Waals surface area (Å²) < 4.78 is 27.3. The van der Waals surface area contributed by atoms with Gasteiger partial charge in [0.1, 0.15) is 11.6 Å². The fourth-order valence-electron chi connectivity index (χ4n) is 3.94. The van der Waals surface area contributed by atoms with Crippen molar-refractivity contribution in [2.24, 2.45) is 5.92 Å². The first-order chi connectivity index (χ1) is 10.2. The van der Waals surface area contributed by atoms with Crippen LogP contribution in [0.2, 0.25) is 0 Å². The van der Waals surface area contributed by atoms with Gasteiger partial charge in [-0.1, -0.05) is 19.3 Å². The number of piperazine rings is 1. The highest BCUT2D eigenvalue weighted by Crippen LogP contribution is 2.38. The molecule has 0 bridgehead atoms. The first kappa shape index (κ1) is 17.6. The first-order valence-electron chi connectivity index (χ1n) is 8.15. The van der Waals surface area contributed by atoms with Gasteiger partial charge in [0.05, 0.1) is 0 Å². The van der Waals surface area contributed by atoms with Gasteiger partial charge in [-0.2, -0.15) is 0 Å².